The molecule has 6 heteroatoms. The van der Waals surface area contributed by atoms with Gasteiger partial charge in [0.1, 0.15) is 28.7 Å². The summed E-state index contributed by atoms with van der Waals surface area (Å²) in [6.07, 6.45) is 4.77. The molecule has 142 valence electrons. The van der Waals surface area contributed by atoms with Crippen LogP contribution in [-0.4, -0.2) is 16.1 Å². The highest BCUT2D eigenvalue weighted by Crippen LogP contribution is 2.45. The summed E-state index contributed by atoms with van der Waals surface area (Å²) in [5, 5.41) is 10.6. The summed E-state index contributed by atoms with van der Waals surface area (Å²) in [5.74, 6) is -0.874. The number of aromatic hydroxyl groups is 1. The van der Waals surface area contributed by atoms with E-state index in [1.54, 1.807) is 24.5 Å². The van der Waals surface area contributed by atoms with Crippen molar-refractivity contribution < 1.29 is 19.1 Å². The van der Waals surface area contributed by atoms with Crippen molar-refractivity contribution in [3.05, 3.63) is 88.5 Å². The Labute approximate surface area is 165 Å². The average Bonchev–Trinajstić information content (AvgIpc) is 2.74. The summed E-state index contributed by atoms with van der Waals surface area (Å²) in [6.45, 7) is 0. The van der Waals surface area contributed by atoms with E-state index in [0.717, 1.165) is 5.56 Å². The molecule has 0 fully saturated rings. The highest BCUT2D eigenvalue weighted by atomic mass is 16.5. The predicted octanol–water partition coefficient (Wildman–Crippen LogP) is 4.00. The number of hydrogen-bond donors (Lipinski definition) is 1. The van der Waals surface area contributed by atoms with Gasteiger partial charge in [-0.05, 0) is 23.3 Å². The van der Waals surface area contributed by atoms with E-state index in [4.69, 9.17) is 9.15 Å². The quantitative estimate of drug-likeness (QED) is 0.414. The Morgan fingerprint density at radius 2 is 1.79 bits per heavy atom. The van der Waals surface area contributed by atoms with E-state index in [2.05, 4.69) is 4.98 Å². The Bertz CT molecular complexity index is 1300. The molecule has 5 rings (SSSR count). The Morgan fingerprint density at radius 3 is 2.55 bits per heavy atom. The van der Waals surface area contributed by atoms with Crippen molar-refractivity contribution in [2.45, 2.75) is 12.3 Å². The summed E-state index contributed by atoms with van der Waals surface area (Å²) >= 11 is 0. The number of fused-ring (bicyclic) bond motifs is 3. The molecule has 1 unspecified atom stereocenters. The molecule has 0 amide bonds. The Kier molecular flexibility index (Phi) is 3.91. The first kappa shape index (κ1) is 17.2. The van der Waals surface area contributed by atoms with Crippen LogP contribution in [-0.2, 0) is 4.79 Å². The Morgan fingerprint density at radius 1 is 1.03 bits per heavy atom. The smallest absolute Gasteiger partial charge is 0.312 e. The third-order valence-corrected chi connectivity index (χ3v) is 5.16. The normalized spacial score (nSPS) is 15.7. The molecule has 2 aromatic heterocycles. The number of benzene rings is 2. The second-order valence-electron chi connectivity index (χ2n) is 6.87. The summed E-state index contributed by atoms with van der Waals surface area (Å²) in [5.41, 5.74) is 2.33. The van der Waals surface area contributed by atoms with E-state index in [-0.39, 0.29) is 40.2 Å². The van der Waals surface area contributed by atoms with Crippen LogP contribution in [0.4, 0.5) is 0 Å². The molecular formula is C23H15NO5. The molecular weight excluding hydrogens is 370 g/mol. The Hall–Kier alpha value is -3.93. The van der Waals surface area contributed by atoms with Crippen LogP contribution in [0.1, 0.15) is 23.5 Å². The molecule has 1 N–H and O–H groups in total. The molecule has 0 saturated heterocycles. The number of pyridine rings is 1. The zero-order chi connectivity index (χ0) is 20.0. The number of carbonyl (C=O) groups is 1. The molecule has 1 aliphatic rings. The minimum atomic E-state index is -0.415. The van der Waals surface area contributed by atoms with Gasteiger partial charge in [-0.25, -0.2) is 0 Å². The van der Waals surface area contributed by atoms with Gasteiger partial charge in [0.2, 0.25) is 5.43 Å². The van der Waals surface area contributed by atoms with Gasteiger partial charge in [0.15, 0.2) is 0 Å². The lowest BCUT2D eigenvalue weighted by molar-refractivity contribution is -0.135. The third-order valence-electron chi connectivity index (χ3n) is 5.16. The fourth-order valence-electron chi connectivity index (χ4n) is 3.83. The molecule has 0 aliphatic carbocycles. The SMILES string of the molecule is O=C1CC(c2ccncc2)c2c(cc(O)c3c(=O)c(-c4ccccc4)coc23)O1. The van der Waals surface area contributed by atoms with Crippen molar-refractivity contribution >= 4 is 16.9 Å². The topological polar surface area (TPSA) is 89.6 Å². The number of carbonyl (C=O) groups excluding carboxylic acids is 1. The van der Waals surface area contributed by atoms with Gasteiger partial charge in [0.25, 0.3) is 0 Å². The van der Waals surface area contributed by atoms with E-state index in [0.29, 0.717) is 16.7 Å². The number of esters is 1. The number of rotatable bonds is 2. The molecule has 3 heterocycles. The van der Waals surface area contributed by atoms with E-state index in [1.807, 2.05) is 30.3 Å². The fourth-order valence-corrected chi connectivity index (χ4v) is 3.83. The molecule has 6 nitrogen and oxygen atoms in total. The summed E-state index contributed by atoms with van der Waals surface area (Å²) in [7, 11) is 0. The predicted molar refractivity (Wildman–Crippen MR) is 106 cm³/mol. The zero-order valence-corrected chi connectivity index (χ0v) is 15.2. The first-order valence-corrected chi connectivity index (χ1v) is 9.11. The van der Waals surface area contributed by atoms with Crippen LogP contribution in [0.5, 0.6) is 11.5 Å². The van der Waals surface area contributed by atoms with Crippen LogP contribution in [0.3, 0.4) is 0 Å². The molecule has 1 atom stereocenters. The lowest BCUT2D eigenvalue weighted by Crippen LogP contribution is -2.22. The van der Waals surface area contributed by atoms with Gasteiger partial charge in [-0.1, -0.05) is 30.3 Å². The maximum absolute atomic E-state index is 13.2. The summed E-state index contributed by atoms with van der Waals surface area (Å²) in [6, 6.07) is 14.0. The second kappa shape index (κ2) is 6.60. The van der Waals surface area contributed by atoms with Crippen LogP contribution >= 0.6 is 0 Å². The summed E-state index contributed by atoms with van der Waals surface area (Å²) in [4.78, 5) is 29.4. The van der Waals surface area contributed by atoms with Crippen molar-refractivity contribution in [1.29, 1.82) is 0 Å². The summed E-state index contributed by atoms with van der Waals surface area (Å²) < 4.78 is 11.2. The molecule has 2 aromatic carbocycles. The average molecular weight is 385 g/mol. The first-order valence-electron chi connectivity index (χ1n) is 9.11. The van der Waals surface area contributed by atoms with Gasteiger partial charge in [-0.2, -0.15) is 0 Å². The lowest BCUT2D eigenvalue weighted by atomic mass is 9.85. The maximum atomic E-state index is 13.2. The van der Waals surface area contributed by atoms with Crippen molar-refractivity contribution in [2.24, 2.45) is 0 Å². The van der Waals surface area contributed by atoms with Crippen molar-refractivity contribution in [1.82, 2.24) is 4.98 Å². The third kappa shape index (κ3) is 2.77. The number of phenols is 1. The highest BCUT2D eigenvalue weighted by Gasteiger charge is 2.33. The second-order valence-corrected chi connectivity index (χ2v) is 6.87. The van der Waals surface area contributed by atoms with Gasteiger partial charge in [0, 0.05) is 29.9 Å². The maximum Gasteiger partial charge on any atom is 0.312 e. The van der Waals surface area contributed by atoms with Gasteiger partial charge in [-0.15, -0.1) is 0 Å². The molecule has 0 saturated carbocycles. The molecule has 29 heavy (non-hydrogen) atoms. The minimum Gasteiger partial charge on any atom is -0.507 e. The van der Waals surface area contributed by atoms with E-state index >= 15 is 0 Å². The lowest BCUT2D eigenvalue weighted by Gasteiger charge is -2.25. The number of hydrogen-bond acceptors (Lipinski definition) is 6. The van der Waals surface area contributed by atoms with Gasteiger partial charge in [-0.3, -0.25) is 14.6 Å². The minimum absolute atomic E-state index is 0.0714. The van der Waals surface area contributed by atoms with Crippen LogP contribution in [0.25, 0.3) is 22.1 Å². The molecule has 0 bridgehead atoms. The van der Waals surface area contributed by atoms with E-state index in [1.165, 1.54) is 12.3 Å². The van der Waals surface area contributed by atoms with Crippen LogP contribution in [0, 0.1) is 0 Å². The number of aromatic nitrogens is 1. The van der Waals surface area contributed by atoms with Gasteiger partial charge >= 0.3 is 5.97 Å². The fraction of sp³-hybridized carbons (Fsp3) is 0.0870. The largest absolute Gasteiger partial charge is 0.507 e. The van der Waals surface area contributed by atoms with Crippen molar-refractivity contribution in [2.75, 3.05) is 0 Å². The molecule has 1 aliphatic heterocycles. The Balaban J connectivity index is 1.81. The zero-order valence-electron chi connectivity index (χ0n) is 15.2. The van der Waals surface area contributed by atoms with Crippen LogP contribution in [0.2, 0.25) is 0 Å². The monoisotopic (exact) mass is 385 g/mol. The van der Waals surface area contributed by atoms with E-state index in [9.17, 15) is 14.7 Å². The van der Waals surface area contributed by atoms with Crippen molar-refractivity contribution in [3.63, 3.8) is 0 Å². The standard InChI is InChI=1S/C23H15NO5/c25-17-11-18-20(15(10-19(26)29-18)14-6-8-24-9-7-14)23-21(17)22(27)16(12-28-23)13-4-2-1-3-5-13/h1-9,11-12,15,25H,10H2. The molecule has 4 aromatic rings. The van der Waals surface area contributed by atoms with Crippen molar-refractivity contribution in [3.8, 4) is 22.6 Å². The highest BCUT2D eigenvalue weighted by molar-refractivity contribution is 5.94. The van der Waals surface area contributed by atoms with Gasteiger partial charge < -0.3 is 14.3 Å². The van der Waals surface area contributed by atoms with Crippen LogP contribution in [0.15, 0.2) is 76.4 Å². The van der Waals surface area contributed by atoms with E-state index < -0.39 is 5.97 Å². The number of ether oxygens (including phenoxy) is 1. The van der Waals surface area contributed by atoms with Crippen LogP contribution < -0.4 is 10.2 Å². The first-order chi connectivity index (χ1) is 14.1. The van der Waals surface area contributed by atoms with Gasteiger partial charge in [0.05, 0.1) is 12.0 Å². The number of nitrogens with zero attached hydrogens (tertiary/aromatic N) is 1. The molecule has 0 spiro atoms. The number of phenolic OH excluding ortho intramolecular Hbond substituents is 1. The molecule has 0 radical (unpaired) electrons.